The molecule has 0 spiro atoms. The Morgan fingerprint density at radius 3 is 1.66 bits per heavy atom. The number of aliphatic hydroxyl groups excluding tert-OH is 1. The van der Waals surface area contributed by atoms with Gasteiger partial charge in [0.15, 0.2) is 0 Å². The lowest BCUT2D eigenvalue weighted by molar-refractivity contribution is -0.873. The molecule has 1 N–H and O–H groups in total. The van der Waals surface area contributed by atoms with Gasteiger partial charge in [-0.05, 0) is 27.2 Å². The van der Waals surface area contributed by atoms with Crippen LogP contribution >= 0.6 is 0 Å². The summed E-state index contributed by atoms with van der Waals surface area (Å²) in [5, 5.41) is 9.49. The highest BCUT2D eigenvalue weighted by molar-refractivity contribution is 5.87. The van der Waals surface area contributed by atoms with E-state index in [1.165, 1.54) is 0 Å². The molecule has 0 aromatic rings. The van der Waals surface area contributed by atoms with E-state index in [-0.39, 0.29) is 25.0 Å². The molecular weight excluding hydrogens is 394 g/mol. The number of carbonyl (C=O) groups excluding carboxylic acids is 2. The summed E-state index contributed by atoms with van der Waals surface area (Å²) in [6, 6.07) is 0. The van der Waals surface area contributed by atoms with Crippen molar-refractivity contribution in [2.24, 2.45) is 0 Å². The van der Waals surface area contributed by atoms with Crippen LogP contribution in [0.3, 0.4) is 0 Å². The second kappa shape index (κ2) is 19.4. The van der Waals surface area contributed by atoms with Crippen molar-refractivity contribution < 1.29 is 41.1 Å². The van der Waals surface area contributed by atoms with Crippen molar-refractivity contribution in [3.8, 4) is 0 Å². The third-order valence-corrected chi connectivity index (χ3v) is 2.65. The molecule has 0 aliphatic heterocycles. The van der Waals surface area contributed by atoms with Crippen molar-refractivity contribution >= 4 is 11.9 Å². The Morgan fingerprint density at radius 2 is 1.38 bits per heavy atom. The summed E-state index contributed by atoms with van der Waals surface area (Å²) >= 11 is 0. The third-order valence-electron chi connectivity index (χ3n) is 2.65. The maximum absolute atomic E-state index is 11.0. The molecular formula is C22H40ClNO5. The van der Waals surface area contributed by atoms with Crippen LogP contribution in [0.15, 0.2) is 49.1 Å². The van der Waals surface area contributed by atoms with Gasteiger partial charge in [-0.25, -0.2) is 9.59 Å². The van der Waals surface area contributed by atoms with E-state index in [0.717, 1.165) is 12.0 Å². The highest BCUT2D eigenvalue weighted by Crippen LogP contribution is 1.98. The second-order valence-corrected chi connectivity index (χ2v) is 7.47. The van der Waals surface area contributed by atoms with Crippen molar-refractivity contribution in [1.82, 2.24) is 0 Å². The molecule has 0 heterocycles. The van der Waals surface area contributed by atoms with E-state index >= 15 is 0 Å². The number of quaternary nitrogens is 1. The highest BCUT2D eigenvalue weighted by Gasteiger charge is 2.17. The van der Waals surface area contributed by atoms with E-state index in [0.29, 0.717) is 28.8 Å². The van der Waals surface area contributed by atoms with E-state index in [4.69, 9.17) is 9.47 Å². The summed E-state index contributed by atoms with van der Waals surface area (Å²) in [5.41, 5.74) is 1.83. The summed E-state index contributed by atoms with van der Waals surface area (Å²) < 4.78 is 10.2. The molecule has 0 saturated carbocycles. The zero-order valence-corrected chi connectivity index (χ0v) is 20.0. The van der Waals surface area contributed by atoms with Gasteiger partial charge in [0.05, 0.1) is 27.7 Å². The van der Waals surface area contributed by atoms with E-state index in [2.05, 4.69) is 26.3 Å². The largest absolute Gasteiger partial charge is 1.00 e. The van der Waals surface area contributed by atoms with Crippen LogP contribution < -0.4 is 12.4 Å². The van der Waals surface area contributed by atoms with Crippen LogP contribution in [0.1, 0.15) is 34.1 Å². The fourth-order valence-corrected chi connectivity index (χ4v) is 1.30. The van der Waals surface area contributed by atoms with Gasteiger partial charge < -0.3 is 31.5 Å². The first-order chi connectivity index (χ1) is 12.7. The number of hydrogen-bond donors (Lipinski definition) is 1. The van der Waals surface area contributed by atoms with Gasteiger partial charge in [-0.15, -0.1) is 0 Å². The molecule has 0 bridgehead atoms. The number of carbonyl (C=O) groups is 2. The Morgan fingerprint density at radius 1 is 1.00 bits per heavy atom. The number of aliphatic hydroxyl groups is 1. The predicted molar refractivity (Wildman–Crippen MR) is 116 cm³/mol. The zero-order chi connectivity index (χ0) is 22.9. The monoisotopic (exact) mass is 433 g/mol. The first-order valence-corrected chi connectivity index (χ1v) is 9.09. The minimum absolute atomic E-state index is 0. The summed E-state index contributed by atoms with van der Waals surface area (Å²) in [5.74, 6) is -0.748. The van der Waals surface area contributed by atoms with Gasteiger partial charge in [-0.3, -0.25) is 0 Å². The SMILES string of the molecule is C=C(C)C(=O)OCC(O)C[N+](C)(C)C.C=C(C)C(=O)OCCC.C=CC(=C)C.[Cl-]. The number of nitrogens with zero attached hydrogens (tertiary/aromatic N) is 1. The number of esters is 2. The van der Waals surface area contributed by atoms with Gasteiger partial charge in [0.2, 0.25) is 0 Å². The summed E-state index contributed by atoms with van der Waals surface area (Å²) in [6.07, 6.45) is 1.96. The summed E-state index contributed by atoms with van der Waals surface area (Å²) in [7, 11) is 5.89. The van der Waals surface area contributed by atoms with Crippen molar-refractivity contribution in [3.63, 3.8) is 0 Å². The first kappa shape index (κ1) is 34.6. The number of likely N-dealkylation sites (N-methyl/N-ethyl adjacent to an activating group) is 1. The van der Waals surface area contributed by atoms with Crippen molar-refractivity contribution in [1.29, 1.82) is 0 Å². The van der Waals surface area contributed by atoms with Crippen LogP contribution in [-0.2, 0) is 19.1 Å². The Bertz CT molecular complexity index is 536. The van der Waals surface area contributed by atoms with Crippen LogP contribution in [0.4, 0.5) is 0 Å². The van der Waals surface area contributed by atoms with Crippen LogP contribution in [0, 0.1) is 0 Å². The first-order valence-electron chi connectivity index (χ1n) is 9.09. The lowest BCUT2D eigenvalue weighted by Crippen LogP contribution is -3.00. The average molecular weight is 434 g/mol. The molecule has 0 aromatic heterocycles. The number of ether oxygens (including phenoxy) is 2. The number of rotatable bonds is 9. The fourth-order valence-electron chi connectivity index (χ4n) is 1.30. The molecule has 1 unspecified atom stereocenters. The third kappa shape index (κ3) is 31.0. The van der Waals surface area contributed by atoms with Crippen molar-refractivity contribution in [2.75, 3.05) is 40.9 Å². The summed E-state index contributed by atoms with van der Waals surface area (Å²) in [6.45, 7) is 22.0. The average Bonchev–Trinajstić information content (AvgIpc) is 2.56. The Hall–Kier alpha value is -1.89. The van der Waals surface area contributed by atoms with Crippen LogP contribution in [0.2, 0.25) is 0 Å². The molecule has 0 saturated heterocycles. The number of hydrogen-bond acceptors (Lipinski definition) is 5. The molecule has 170 valence electrons. The molecule has 1 atom stereocenters. The normalized spacial score (nSPS) is 10.3. The van der Waals surface area contributed by atoms with Crippen molar-refractivity contribution in [3.05, 3.63) is 49.1 Å². The van der Waals surface area contributed by atoms with E-state index in [1.807, 2.05) is 35.0 Å². The molecule has 0 fully saturated rings. The van der Waals surface area contributed by atoms with E-state index < -0.39 is 12.1 Å². The minimum Gasteiger partial charge on any atom is -1.00 e. The summed E-state index contributed by atoms with van der Waals surface area (Å²) in [4.78, 5) is 21.6. The second-order valence-electron chi connectivity index (χ2n) is 7.47. The van der Waals surface area contributed by atoms with E-state index in [9.17, 15) is 14.7 Å². The van der Waals surface area contributed by atoms with Gasteiger partial charge in [-0.1, -0.05) is 44.9 Å². The van der Waals surface area contributed by atoms with Crippen LogP contribution in [0.25, 0.3) is 0 Å². The predicted octanol–water partition coefficient (Wildman–Crippen LogP) is 0.441. The molecule has 0 aromatic carbocycles. The molecule has 29 heavy (non-hydrogen) atoms. The van der Waals surface area contributed by atoms with Crippen LogP contribution in [0.5, 0.6) is 0 Å². The smallest absolute Gasteiger partial charge is 0.333 e. The maximum Gasteiger partial charge on any atom is 0.333 e. The minimum atomic E-state index is -0.627. The quantitative estimate of drug-likeness (QED) is 0.247. The van der Waals surface area contributed by atoms with E-state index in [1.54, 1.807) is 19.9 Å². The molecule has 0 radical (unpaired) electrons. The van der Waals surface area contributed by atoms with Gasteiger partial charge in [-0.2, -0.15) is 0 Å². The number of halogens is 1. The Labute approximate surface area is 183 Å². The van der Waals surface area contributed by atoms with Gasteiger partial charge >= 0.3 is 11.9 Å². The molecule has 7 heteroatoms. The fraction of sp³-hybridized carbons (Fsp3) is 0.545. The molecule has 0 rings (SSSR count). The van der Waals surface area contributed by atoms with Crippen LogP contribution in [-0.4, -0.2) is 68.5 Å². The maximum atomic E-state index is 11.0. The lowest BCUT2D eigenvalue weighted by Gasteiger charge is -2.26. The van der Waals surface area contributed by atoms with Gasteiger partial charge in [0.1, 0.15) is 19.3 Å². The number of allylic oxidation sites excluding steroid dienone is 2. The molecule has 0 aliphatic carbocycles. The molecule has 6 nitrogen and oxygen atoms in total. The lowest BCUT2D eigenvalue weighted by atomic mass is 10.3. The van der Waals surface area contributed by atoms with Gasteiger partial charge in [0.25, 0.3) is 0 Å². The zero-order valence-electron chi connectivity index (χ0n) is 19.2. The topological polar surface area (TPSA) is 72.8 Å². The molecule has 0 amide bonds. The standard InChI is InChI=1S/C10H20NO3.C7H12O2.C5H8.ClH/c1-8(2)10(13)14-7-9(12)6-11(3,4)5;1-4-5-9-7(8)6(2)3;1-4-5(2)3;/h9,12H,1,6-7H2,2-5H3;2,4-5H2,1,3H3;4H,1-2H2,3H3;1H/q+1;;;/p-1. The Balaban J connectivity index is -0.000000179. The molecule has 0 aliphatic rings. The van der Waals surface area contributed by atoms with Crippen molar-refractivity contribution in [2.45, 2.75) is 40.2 Å². The van der Waals surface area contributed by atoms with Gasteiger partial charge in [0, 0.05) is 11.1 Å². The highest BCUT2D eigenvalue weighted by atomic mass is 35.5. The Kier molecular flexibility index (Phi) is 23.2.